The quantitative estimate of drug-likeness (QED) is 0.596. The van der Waals surface area contributed by atoms with E-state index in [1.807, 2.05) is 0 Å². The van der Waals surface area contributed by atoms with Gasteiger partial charge in [-0.1, -0.05) is 12.1 Å². The van der Waals surface area contributed by atoms with Crippen LogP contribution in [0.2, 0.25) is 0 Å². The van der Waals surface area contributed by atoms with Crippen LogP contribution >= 0.6 is 0 Å². The number of hydrogen-bond acceptors (Lipinski definition) is 4. The number of nitrogens with one attached hydrogen (secondary N) is 2. The van der Waals surface area contributed by atoms with Crippen molar-refractivity contribution in [2.75, 3.05) is 12.0 Å². The minimum absolute atomic E-state index is 0.0137. The molecule has 0 spiro atoms. The lowest BCUT2D eigenvalue weighted by Gasteiger charge is -2.09. The highest BCUT2D eigenvalue weighted by Gasteiger charge is 1.96. The molecular weight excluding hydrogens is 182 g/mol. The van der Waals surface area contributed by atoms with Crippen LogP contribution in [0.5, 0.6) is 0 Å². The number of anilines is 1. The third kappa shape index (κ3) is 3.04. The number of benzene rings is 1. The molecular formula is C9H12N3O2-. The predicted molar refractivity (Wildman–Crippen MR) is 54.3 cm³/mol. The van der Waals surface area contributed by atoms with Gasteiger partial charge in [-0.15, -0.1) is 0 Å². The number of hydrogen-bond donors (Lipinski definition) is 3. The highest BCUT2D eigenvalue weighted by Crippen LogP contribution is 2.08. The lowest BCUT2D eigenvalue weighted by molar-refractivity contribution is -0.119. The molecule has 14 heavy (non-hydrogen) atoms. The molecule has 0 radical (unpaired) electrons. The maximum absolute atomic E-state index is 10.8. The summed E-state index contributed by atoms with van der Waals surface area (Å²) < 4.78 is 0. The van der Waals surface area contributed by atoms with Crippen LogP contribution in [0.1, 0.15) is 5.56 Å². The van der Waals surface area contributed by atoms with E-state index in [0.717, 1.165) is 5.56 Å². The van der Waals surface area contributed by atoms with Crippen molar-refractivity contribution in [3.8, 4) is 0 Å². The van der Waals surface area contributed by atoms with Gasteiger partial charge in [0.2, 0.25) is 5.91 Å². The van der Waals surface area contributed by atoms with E-state index in [1.54, 1.807) is 29.7 Å². The van der Waals surface area contributed by atoms with Crippen LogP contribution in [-0.4, -0.2) is 12.5 Å². The molecule has 1 rings (SSSR count). The van der Waals surface area contributed by atoms with Crippen LogP contribution in [0, 0.1) is 5.21 Å². The molecule has 0 heterocycles. The van der Waals surface area contributed by atoms with Gasteiger partial charge in [0.15, 0.2) is 0 Å². The summed E-state index contributed by atoms with van der Waals surface area (Å²) >= 11 is 0. The zero-order chi connectivity index (χ0) is 10.4. The summed E-state index contributed by atoms with van der Waals surface area (Å²) in [5.41, 5.74) is 8.31. The molecule has 0 aliphatic carbocycles. The molecule has 0 aromatic heterocycles. The topological polar surface area (TPSA) is 90.2 Å². The fourth-order valence-corrected chi connectivity index (χ4v) is 0.963. The minimum atomic E-state index is -0.198. The van der Waals surface area contributed by atoms with E-state index in [0.29, 0.717) is 12.2 Å². The summed E-state index contributed by atoms with van der Waals surface area (Å²) in [5, 5.41) is 12.8. The highest BCUT2D eigenvalue weighted by molar-refractivity contribution is 5.77. The first-order valence-corrected chi connectivity index (χ1v) is 4.20. The molecule has 5 heteroatoms. The molecule has 0 saturated heterocycles. The average Bonchev–Trinajstić information content (AvgIpc) is 2.26. The lowest BCUT2D eigenvalue weighted by Crippen LogP contribution is -2.29. The van der Waals surface area contributed by atoms with Crippen LogP contribution in [-0.2, 0) is 11.3 Å². The second-order valence-corrected chi connectivity index (χ2v) is 2.78. The molecule has 0 fully saturated rings. The van der Waals surface area contributed by atoms with E-state index < -0.39 is 0 Å². The number of rotatable bonds is 4. The fourth-order valence-electron chi connectivity index (χ4n) is 0.963. The Kier molecular flexibility index (Phi) is 3.90. The summed E-state index contributed by atoms with van der Waals surface area (Å²) in [4.78, 5) is 10.8. The molecule has 0 bridgehead atoms. The maximum atomic E-state index is 10.8. The monoisotopic (exact) mass is 194 g/mol. The molecule has 4 N–H and O–H groups in total. The van der Waals surface area contributed by atoms with Gasteiger partial charge in [0, 0.05) is 12.2 Å². The molecule has 1 aromatic carbocycles. The first-order valence-electron chi connectivity index (χ1n) is 4.20. The Balaban J connectivity index is 2.47. The normalized spacial score (nSPS) is 9.57. The Bertz CT molecular complexity index is 297. The largest absolute Gasteiger partial charge is 0.761 e. The van der Waals surface area contributed by atoms with Crippen molar-refractivity contribution in [3.05, 3.63) is 35.0 Å². The summed E-state index contributed by atoms with van der Waals surface area (Å²) in [7, 11) is 0. The van der Waals surface area contributed by atoms with Crippen LogP contribution in [0.4, 0.5) is 5.69 Å². The Labute approximate surface area is 81.9 Å². The van der Waals surface area contributed by atoms with Gasteiger partial charge in [-0.3, -0.25) is 4.79 Å². The molecule has 0 aliphatic rings. The van der Waals surface area contributed by atoms with E-state index in [9.17, 15) is 10.0 Å². The summed E-state index contributed by atoms with van der Waals surface area (Å²) in [6.45, 7) is 0.412. The van der Waals surface area contributed by atoms with Crippen molar-refractivity contribution < 1.29 is 4.79 Å². The van der Waals surface area contributed by atoms with Crippen molar-refractivity contribution in [1.29, 1.82) is 0 Å². The molecule has 1 aromatic rings. The third-order valence-corrected chi connectivity index (χ3v) is 1.75. The lowest BCUT2D eigenvalue weighted by atomic mass is 10.2. The van der Waals surface area contributed by atoms with Crippen LogP contribution < -0.4 is 16.5 Å². The average molecular weight is 194 g/mol. The molecule has 5 nitrogen and oxygen atoms in total. The second kappa shape index (κ2) is 5.21. The fraction of sp³-hybridized carbons (Fsp3) is 0.222. The van der Waals surface area contributed by atoms with E-state index in [2.05, 4.69) is 5.32 Å². The third-order valence-electron chi connectivity index (χ3n) is 1.75. The molecule has 0 aliphatic heterocycles. The number of amides is 1. The van der Waals surface area contributed by atoms with Gasteiger partial charge < -0.3 is 21.7 Å². The number of carbonyl (C=O) groups is 1. The zero-order valence-corrected chi connectivity index (χ0v) is 7.62. The van der Waals surface area contributed by atoms with Gasteiger partial charge in [-0.2, -0.15) is 0 Å². The zero-order valence-electron chi connectivity index (χ0n) is 7.62. The molecule has 0 saturated carbocycles. The van der Waals surface area contributed by atoms with E-state index in [1.165, 1.54) is 0 Å². The van der Waals surface area contributed by atoms with Crippen molar-refractivity contribution in [2.24, 2.45) is 5.73 Å². The Morgan fingerprint density at radius 1 is 1.36 bits per heavy atom. The van der Waals surface area contributed by atoms with E-state index in [-0.39, 0.29) is 12.5 Å². The number of nitrogens with two attached hydrogens (primary N) is 1. The van der Waals surface area contributed by atoms with Crippen molar-refractivity contribution in [2.45, 2.75) is 6.54 Å². The van der Waals surface area contributed by atoms with Gasteiger partial charge in [-0.05, 0) is 17.7 Å². The van der Waals surface area contributed by atoms with Gasteiger partial charge in [0.05, 0.1) is 6.54 Å². The van der Waals surface area contributed by atoms with Crippen LogP contribution in [0.15, 0.2) is 24.3 Å². The highest BCUT2D eigenvalue weighted by atomic mass is 16.5. The second-order valence-electron chi connectivity index (χ2n) is 2.78. The summed E-state index contributed by atoms with van der Waals surface area (Å²) in [5.74, 6) is -0.198. The van der Waals surface area contributed by atoms with E-state index in [4.69, 9.17) is 5.73 Å². The van der Waals surface area contributed by atoms with Gasteiger partial charge in [0.1, 0.15) is 0 Å². The summed E-state index contributed by atoms with van der Waals surface area (Å²) in [6, 6.07) is 6.82. The van der Waals surface area contributed by atoms with Crippen molar-refractivity contribution >= 4 is 11.6 Å². The van der Waals surface area contributed by atoms with Gasteiger partial charge in [-0.25, -0.2) is 0 Å². The SMILES string of the molecule is NCC(=O)NCc1ccc(N[O-])cc1. The standard InChI is InChI=1S/C9H12N3O2/c10-5-9(13)11-6-7-1-3-8(12-14)4-2-7/h1-4,12H,5-6,10H2,(H,11,13)/q-1. The Hall–Kier alpha value is -1.59. The molecule has 76 valence electrons. The predicted octanol–water partition coefficient (Wildman–Crippen LogP) is 0.171. The van der Waals surface area contributed by atoms with Crippen molar-refractivity contribution in [1.82, 2.24) is 5.32 Å². The Morgan fingerprint density at radius 3 is 2.50 bits per heavy atom. The summed E-state index contributed by atoms with van der Waals surface area (Å²) in [6.07, 6.45) is 0. The minimum Gasteiger partial charge on any atom is -0.761 e. The smallest absolute Gasteiger partial charge is 0.234 e. The Morgan fingerprint density at radius 2 is 2.00 bits per heavy atom. The first-order chi connectivity index (χ1) is 6.76. The van der Waals surface area contributed by atoms with Gasteiger partial charge >= 0.3 is 0 Å². The maximum Gasteiger partial charge on any atom is 0.234 e. The van der Waals surface area contributed by atoms with Crippen LogP contribution in [0.25, 0.3) is 0 Å². The molecule has 0 atom stereocenters. The first kappa shape index (κ1) is 10.5. The molecule has 1 amide bonds. The van der Waals surface area contributed by atoms with Gasteiger partial charge in [0.25, 0.3) is 0 Å². The number of carbonyl (C=O) groups excluding carboxylic acids is 1. The molecule has 0 unspecified atom stereocenters. The van der Waals surface area contributed by atoms with Crippen molar-refractivity contribution in [3.63, 3.8) is 0 Å². The van der Waals surface area contributed by atoms with Crippen LogP contribution in [0.3, 0.4) is 0 Å². The van der Waals surface area contributed by atoms with E-state index >= 15 is 0 Å².